The van der Waals surface area contributed by atoms with Crippen molar-refractivity contribution >= 4 is 11.4 Å². The van der Waals surface area contributed by atoms with Crippen molar-refractivity contribution in [1.29, 1.82) is 0 Å². The molecule has 0 aromatic heterocycles. The Hall–Kier alpha value is -2.29. The van der Waals surface area contributed by atoms with Crippen LogP contribution < -0.4 is 5.73 Å². The summed E-state index contributed by atoms with van der Waals surface area (Å²) in [6.07, 6.45) is 0. The number of oxime groups is 1. The summed E-state index contributed by atoms with van der Waals surface area (Å²) in [4.78, 5) is 0. The van der Waals surface area contributed by atoms with E-state index < -0.39 is 0 Å². The summed E-state index contributed by atoms with van der Waals surface area (Å²) < 4.78 is 0. The van der Waals surface area contributed by atoms with Crippen LogP contribution >= 0.6 is 0 Å². The van der Waals surface area contributed by atoms with Crippen molar-refractivity contribution in [3.63, 3.8) is 0 Å². The van der Waals surface area contributed by atoms with Crippen LogP contribution in [0.1, 0.15) is 12.5 Å². The molecule has 17 heavy (non-hydrogen) atoms. The van der Waals surface area contributed by atoms with Gasteiger partial charge in [0.05, 0.1) is 5.71 Å². The summed E-state index contributed by atoms with van der Waals surface area (Å²) in [5.41, 5.74) is 10.1. The highest BCUT2D eigenvalue weighted by Crippen LogP contribution is 2.21. The van der Waals surface area contributed by atoms with E-state index in [1.54, 1.807) is 6.92 Å². The van der Waals surface area contributed by atoms with Crippen molar-refractivity contribution in [2.75, 3.05) is 5.73 Å². The van der Waals surface area contributed by atoms with Gasteiger partial charge in [0.15, 0.2) is 0 Å². The second-order valence-electron chi connectivity index (χ2n) is 3.88. The van der Waals surface area contributed by atoms with Gasteiger partial charge in [0.25, 0.3) is 0 Å². The largest absolute Gasteiger partial charge is 0.411 e. The van der Waals surface area contributed by atoms with Crippen molar-refractivity contribution in [3.8, 4) is 11.1 Å². The molecule has 0 radical (unpaired) electrons. The van der Waals surface area contributed by atoms with E-state index in [2.05, 4.69) is 5.16 Å². The highest BCUT2D eigenvalue weighted by atomic mass is 16.4. The van der Waals surface area contributed by atoms with Gasteiger partial charge in [0.1, 0.15) is 0 Å². The minimum Gasteiger partial charge on any atom is -0.411 e. The van der Waals surface area contributed by atoms with Crippen molar-refractivity contribution in [3.05, 3.63) is 54.1 Å². The number of hydrogen-bond acceptors (Lipinski definition) is 3. The number of hydrogen-bond donors (Lipinski definition) is 2. The Bertz CT molecular complexity index is 527. The summed E-state index contributed by atoms with van der Waals surface area (Å²) in [6, 6.07) is 15.6. The lowest BCUT2D eigenvalue weighted by Crippen LogP contribution is -1.93. The zero-order valence-corrected chi connectivity index (χ0v) is 9.59. The molecule has 0 aliphatic heterocycles. The standard InChI is InChI=1S/C14H14N2O/c1-10(16-17)11-2-4-12(5-3-11)13-6-8-14(15)9-7-13/h2-9,17H,15H2,1H3. The van der Waals surface area contributed by atoms with Gasteiger partial charge in [-0.1, -0.05) is 41.6 Å². The monoisotopic (exact) mass is 226 g/mol. The number of nitrogens with two attached hydrogens (primary N) is 1. The van der Waals surface area contributed by atoms with Gasteiger partial charge in [0.2, 0.25) is 0 Å². The molecular formula is C14H14N2O. The van der Waals surface area contributed by atoms with Gasteiger partial charge in [-0.2, -0.15) is 0 Å². The molecule has 2 aromatic carbocycles. The molecule has 2 rings (SSSR count). The van der Waals surface area contributed by atoms with Crippen molar-refractivity contribution < 1.29 is 5.21 Å². The summed E-state index contributed by atoms with van der Waals surface area (Å²) >= 11 is 0. The minimum absolute atomic E-state index is 0.605. The summed E-state index contributed by atoms with van der Waals surface area (Å²) in [5, 5.41) is 11.9. The molecule has 2 aromatic rings. The van der Waals surface area contributed by atoms with E-state index in [0.29, 0.717) is 5.71 Å². The SMILES string of the molecule is CC(=NO)c1ccc(-c2ccc(N)cc2)cc1. The van der Waals surface area contributed by atoms with Crippen LogP contribution in [0.3, 0.4) is 0 Å². The van der Waals surface area contributed by atoms with Gasteiger partial charge in [-0.05, 0) is 35.7 Å². The Kier molecular flexibility index (Phi) is 3.10. The predicted molar refractivity (Wildman–Crippen MR) is 70.3 cm³/mol. The molecule has 0 amide bonds. The lowest BCUT2D eigenvalue weighted by molar-refractivity contribution is 0.319. The fraction of sp³-hybridized carbons (Fsp3) is 0.0714. The first kappa shape index (κ1) is 11.2. The van der Waals surface area contributed by atoms with Crippen molar-refractivity contribution in [1.82, 2.24) is 0 Å². The van der Waals surface area contributed by atoms with E-state index >= 15 is 0 Å². The van der Waals surface area contributed by atoms with Crippen LogP contribution in [0.25, 0.3) is 11.1 Å². The van der Waals surface area contributed by atoms with Gasteiger partial charge in [-0.25, -0.2) is 0 Å². The maximum Gasteiger partial charge on any atom is 0.0836 e. The molecule has 0 unspecified atom stereocenters. The van der Waals surface area contributed by atoms with Gasteiger partial charge < -0.3 is 10.9 Å². The zero-order valence-electron chi connectivity index (χ0n) is 9.59. The molecule has 3 N–H and O–H groups in total. The molecule has 86 valence electrons. The Morgan fingerprint density at radius 3 is 1.88 bits per heavy atom. The van der Waals surface area contributed by atoms with E-state index in [0.717, 1.165) is 22.4 Å². The fourth-order valence-corrected chi connectivity index (χ4v) is 1.64. The molecule has 0 aliphatic rings. The molecule has 0 bridgehead atoms. The third kappa shape index (κ3) is 2.45. The Morgan fingerprint density at radius 2 is 1.41 bits per heavy atom. The van der Waals surface area contributed by atoms with Gasteiger partial charge >= 0.3 is 0 Å². The van der Waals surface area contributed by atoms with Crippen LogP contribution in [0.2, 0.25) is 0 Å². The summed E-state index contributed by atoms with van der Waals surface area (Å²) in [6.45, 7) is 1.76. The molecule has 0 atom stereocenters. The first-order valence-corrected chi connectivity index (χ1v) is 5.36. The fourth-order valence-electron chi connectivity index (χ4n) is 1.64. The molecule has 0 spiro atoms. The molecular weight excluding hydrogens is 212 g/mol. The minimum atomic E-state index is 0.605. The Balaban J connectivity index is 2.32. The van der Waals surface area contributed by atoms with E-state index in [4.69, 9.17) is 10.9 Å². The van der Waals surface area contributed by atoms with Gasteiger partial charge in [-0.15, -0.1) is 0 Å². The van der Waals surface area contributed by atoms with E-state index in [-0.39, 0.29) is 0 Å². The Labute approximate surface area is 100 Å². The number of nitrogen functional groups attached to an aromatic ring is 1. The van der Waals surface area contributed by atoms with Crippen LogP contribution in [-0.4, -0.2) is 10.9 Å². The van der Waals surface area contributed by atoms with Crippen LogP contribution in [0.15, 0.2) is 53.7 Å². The highest BCUT2D eigenvalue weighted by Gasteiger charge is 2.00. The quantitative estimate of drug-likeness (QED) is 0.357. The van der Waals surface area contributed by atoms with Crippen LogP contribution in [0.4, 0.5) is 5.69 Å². The lowest BCUT2D eigenvalue weighted by atomic mass is 10.0. The van der Waals surface area contributed by atoms with E-state index in [1.165, 1.54) is 0 Å². The maximum absolute atomic E-state index is 8.68. The molecule has 0 heterocycles. The normalized spacial score (nSPS) is 11.5. The first-order chi connectivity index (χ1) is 8.20. The van der Waals surface area contributed by atoms with Gasteiger partial charge in [0, 0.05) is 5.69 Å². The van der Waals surface area contributed by atoms with Crippen LogP contribution in [0, 0.1) is 0 Å². The molecule has 3 heteroatoms. The first-order valence-electron chi connectivity index (χ1n) is 5.36. The average molecular weight is 226 g/mol. The smallest absolute Gasteiger partial charge is 0.0836 e. The second-order valence-corrected chi connectivity index (χ2v) is 3.88. The number of rotatable bonds is 2. The lowest BCUT2D eigenvalue weighted by Gasteiger charge is -2.04. The molecule has 0 aliphatic carbocycles. The second kappa shape index (κ2) is 4.70. The van der Waals surface area contributed by atoms with E-state index in [1.807, 2.05) is 48.5 Å². The van der Waals surface area contributed by atoms with E-state index in [9.17, 15) is 0 Å². The topological polar surface area (TPSA) is 58.6 Å². The van der Waals surface area contributed by atoms with Crippen molar-refractivity contribution in [2.45, 2.75) is 6.92 Å². The predicted octanol–water partition coefficient (Wildman–Crippen LogP) is 3.13. The molecule has 0 fully saturated rings. The third-order valence-corrected chi connectivity index (χ3v) is 2.70. The summed E-state index contributed by atoms with van der Waals surface area (Å²) in [5.74, 6) is 0. The number of nitrogens with zero attached hydrogens (tertiary/aromatic N) is 1. The molecule has 0 saturated heterocycles. The molecule has 3 nitrogen and oxygen atoms in total. The number of benzene rings is 2. The van der Waals surface area contributed by atoms with Gasteiger partial charge in [-0.3, -0.25) is 0 Å². The number of anilines is 1. The van der Waals surface area contributed by atoms with Crippen LogP contribution in [-0.2, 0) is 0 Å². The zero-order chi connectivity index (χ0) is 12.3. The average Bonchev–Trinajstić information content (AvgIpc) is 2.39. The Morgan fingerprint density at radius 1 is 0.941 bits per heavy atom. The van der Waals surface area contributed by atoms with Crippen LogP contribution in [0.5, 0.6) is 0 Å². The molecule has 0 saturated carbocycles. The summed E-state index contributed by atoms with van der Waals surface area (Å²) in [7, 11) is 0. The third-order valence-electron chi connectivity index (χ3n) is 2.70. The highest BCUT2D eigenvalue weighted by molar-refractivity contribution is 5.98. The maximum atomic E-state index is 8.68. The van der Waals surface area contributed by atoms with Crippen molar-refractivity contribution in [2.24, 2.45) is 5.16 Å².